The van der Waals surface area contributed by atoms with Crippen molar-refractivity contribution in [2.45, 2.75) is 37.8 Å². The van der Waals surface area contributed by atoms with Crippen LogP contribution in [0.2, 0.25) is 0 Å². The minimum Gasteiger partial charge on any atom is -0.368 e. The summed E-state index contributed by atoms with van der Waals surface area (Å²) in [4.78, 5) is 38.8. The van der Waals surface area contributed by atoms with Crippen LogP contribution in [0, 0.1) is 10.1 Å². The average Bonchev–Trinajstić information content (AvgIpc) is 2.49. The quantitative estimate of drug-likeness (QED) is 0.0867. The van der Waals surface area contributed by atoms with E-state index in [0.717, 1.165) is 0 Å². The topological polar surface area (TPSA) is 209 Å². The summed E-state index contributed by atoms with van der Waals surface area (Å²) >= 11 is 0. The molecule has 0 unspecified atom stereocenters. The second-order valence-corrected chi connectivity index (χ2v) is 5.18. The zero-order chi connectivity index (χ0) is 18.7. The number of guanidine groups is 1. The van der Waals surface area contributed by atoms with Gasteiger partial charge < -0.3 is 27.8 Å². The summed E-state index contributed by atoms with van der Waals surface area (Å²) in [5, 5.41) is 9.30. The van der Waals surface area contributed by atoms with E-state index in [2.05, 4.69) is 4.99 Å². The highest BCUT2D eigenvalue weighted by Gasteiger charge is 2.27. The second kappa shape index (κ2) is 11.1. The number of amides is 2. The lowest BCUT2D eigenvalue weighted by atomic mass is 10.1. The molecule has 2 atom stereocenters. The Bertz CT molecular complexity index is 470. The van der Waals surface area contributed by atoms with Crippen LogP contribution in [0.1, 0.15) is 25.7 Å². The van der Waals surface area contributed by atoms with Gasteiger partial charge in [0, 0.05) is 13.6 Å². The molecule has 0 radical (unpaired) electrons. The Balaban J connectivity index is 4.43. The maximum Gasteiger partial charge on any atom is 0.251 e. The van der Waals surface area contributed by atoms with Crippen molar-refractivity contribution in [3.63, 3.8) is 0 Å². The average molecular weight is 346 g/mol. The molecule has 0 spiro atoms. The lowest BCUT2D eigenvalue weighted by Gasteiger charge is -2.28. The highest BCUT2D eigenvalue weighted by atomic mass is 16.7. The van der Waals surface area contributed by atoms with Crippen LogP contribution >= 0.6 is 0 Å². The van der Waals surface area contributed by atoms with Crippen LogP contribution in [0.5, 0.6) is 0 Å². The summed E-state index contributed by atoms with van der Waals surface area (Å²) in [6.07, 6.45) is 1.59. The molecule has 0 bridgehead atoms. The number of carbonyl (C=O) groups is 2. The van der Waals surface area contributed by atoms with E-state index >= 15 is 0 Å². The van der Waals surface area contributed by atoms with E-state index in [0.29, 0.717) is 25.8 Å². The van der Waals surface area contributed by atoms with Gasteiger partial charge >= 0.3 is 0 Å². The van der Waals surface area contributed by atoms with Gasteiger partial charge in [-0.25, -0.2) is 15.1 Å². The van der Waals surface area contributed by atoms with Gasteiger partial charge in [0.15, 0.2) is 5.03 Å². The first-order valence-electron chi connectivity index (χ1n) is 7.43. The maximum atomic E-state index is 12.2. The van der Waals surface area contributed by atoms with Crippen LogP contribution in [-0.2, 0) is 9.59 Å². The molecule has 0 aliphatic carbocycles. The Morgan fingerprint density at radius 3 is 2.42 bits per heavy atom. The van der Waals surface area contributed by atoms with Crippen molar-refractivity contribution in [2.75, 3.05) is 20.1 Å². The van der Waals surface area contributed by atoms with Crippen LogP contribution in [0.15, 0.2) is 4.99 Å². The molecule has 0 rings (SSSR count). The predicted octanol–water partition coefficient (Wildman–Crippen LogP) is -2.76. The van der Waals surface area contributed by atoms with Crippen LogP contribution in [0.4, 0.5) is 0 Å². The normalized spacial score (nSPS) is 13.9. The van der Waals surface area contributed by atoms with Gasteiger partial charge in [0.05, 0.1) is 6.04 Å². The minimum atomic E-state index is -0.838. The van der Waals surface area contributed by atoms with Crippen molar-refractivity contribution >= 4 is 17.8 Å². The van der Waals surface area contributed by atoms with E-state index < -0.39 is 28.9 Å². The number of nitrogens with two attached hydrogens (primary N) is 4. The largest absolute Gasteiger partial charge is 0.368 e. The molecule has 0 aromatic carbocycles. The number of carbonyl (C=O) groups excluding carboxylic acids is 2. The SMILES string of the molecule is CN(C(=O)[C@@H](N)CCCN=C(N)N[N+](=O)[O-])[C@@H](CCCN)C(N)=O. The first-order valence-corrected chi connectivity index (χ1v) is 7.43. The molecule has 0 aromatic rings. The molecule has 12 nitrogen and oxygen atoms in total. The van der Waals surface area contributed by atoms with Gasteiger partial charge in [-0.15, -0.1) is 0 Å². The van der Waals surface area contributed by atoms with Crippen LogP contribution in [-0.4, -0.2) is 59.9 Å². The van der Waals surface area contributed by atoms with Gasteiger partial charge in [0.1, 0.15) is 6.04 Å². The summed E-state index contributed by atoms with van der Waals surface area (Å²) in [5.74, 6) is -1.36. The van der Waals surface area contributed by atoms with Crippen molar-refractivity contribution in [3.8, 4) is 0 Å². The van der Waals surface area contributed by atoms with E-state index in [1.54, 1.807) is 5.43 Å². The molecule has 2 amide bonds. The number of primary amides is 1. The first-order chi connectivity index (χ1) is 11.2. The molecule has 0 aliphatic rings. The number of hydrogen-bond donors (Lipinski definition) is 5. The van der Waals surface area contributed by atoms with E-state index in [1.165, 1.54) is 11.9 Å². The number of hydrogen-bond acceptors (Lipinski definition) is 7. The van der Waals surface area contributed by atoms with Crippen molar-refractivity contribution in [1.82, 2.24) is 10.3 Å². The zero-order valence-electron chi connectivity index (χ0n) is 13.7. The Morgan fingerprint density at radius 1 is 1.29 bits per heavy atom. The highest BCUT2D eigenvalue weighted by Crippen LogP contribution is 2.08. The van der Waals surface area contributed by atoms with Gasteiger partial charge in [-0.05, 0) is 32.2 Å². The van der Waals surface area contributed by atoms with Crippen LogP contribution < -0.4 is 28.4 Å². The molecule has 9 N–H and O–H groups in total. The number of hydrazine groups is 1. The fourth-order valence-electron chi connectivity index (χ4n) is 2.02. The molecule has 0 saturated heterocycles. The zero-order valence-corrected chi connectivity index (χ0v) is 13.7. The molecule has 0 fully saturated rings. The van der Waals surface area contributed by atoms with Gasteiger partial charge in [0.25, 0.3) is 5.96 Å². The van der Waals surface area contributed by atoms with Gasteiger partial charge in [0.2, 0.25) is 11.8 Å². The Kier molecular flexibility index (Phi) is 9.98. The summed E-state index contributed by atoms with van der Waals surface area (Å²) < 4.78 is 0. The predicted molar refractivity (Wildman–Crippen MR) is 87.9 cm³/mol. The molecule has 0 heterocycles. The van der Waals surface area contributed by atoms with Crippen molar-refractivity contribution in [2.24, 2.45) is 27.9 Å². The Hall–Kier alpha value is -2.47. The third-order valence-corrected chi connectivity index (χ3v) is 3.30. The van der Waals surface area contributed by atoms with Crippen LogP contribution in [0.3, 0.4) is 0 Å². The number of aliphatic imine (C=N–C) groups is 1. The number of nitro groups is 1. The van der Waals surface area contributed by atoms with Gasteiger partial charge in [-0.3, -0.25) is 9.59 Å². The summed E-state index contributed by atoms with van der Waals surface area (Å²) in [7, 11) is 1.46. The molecular weight excluding hydrogens is 320 g/mol. The smallest absolute Gasteiger partial charge is 0.251 e. The number of likely N-dealkylation sites (N-methyl/N-ethyl adjacent to an activating group) is 1. The number of nitrogens with one attached hydrogen (secondary N) is 1. The summed E-state index contributed by atoms with van der Waals surface area (Å²) in [6.45, 7) is 0.555. The number of rotatable bonds is 11. The molecule has 0 aliphatic heterocycles. The van der Waals surface area contributed by atoms with E-state index in [9.17, 15) is 19.7 Å². The Labute approximate surface area is 139 Å². The van der Waals surface area contributed by atoms with E-state index in [4.69, 9.17) is 22.9 Å². The maximum absolute atomic E-state index is 12.2. The lowest BCUT2D eigenvalue weighted by molar-refractivity contribution is -0.525. The Morgan fingerprint density at radius 2 is 1.92 bits per heavy atom. The fourth-order valence-corrected chi connectivity index (χ4v) is 2.02. The van der Waals surface area contributed by atoms with Crippen LogP contribution in [0.25, 0.3) is 0 Å². The summed E-state index contributed by atoms with van der Waals surface area (Å²) in [5.41, 5.74) is 23.5. The van der Waals surface area contributed by atoms with Gasteiger partial charge in [-0.2, -0.15) is 0 Å². The minimum absolute atomic E-state index is 0.170. The second-order valence-electron chi connectivity index (χ2n) is 5.18. The third kappa shape index (κ3) is 8.24. The summed E-state index contributed by atoms with van der Waals surface area (Å²) in [6, 6.07) is -1.60. The standard InChI is InChI=1S/C12H26N8O4/c1-19(9(10(15)21)5-2-6-13)11(22)8(14)4-3-7-17-12(16)18-20(23)24/h8-9H,2-7,13-14H2,1H3,(H2,15,21)(H3,16,17,18)/t8-,9-/m0/s1. The molecular formula is C12H26N8O4. The molecule has 24 heavy (non-hydrogen) atoms. The monoisotopic (exact) mass is 346 g/mol. The third-order valence-electron chi connectivity index (χ3n) is 3.30. The van der Waals surface area contributed by atoms with Gasteiger partial charge in [-0.1, -0.05) is 5.43 Å². The number of nitrogens with zero attached hydrogens (tertiary/aromatic N) is 3. The van der Waals surface area contributed by atoms with Crippen molar-refractivity contribution < 1.29 is 14.6 Å². The van der Waals surface area contributed by atoms with Crippen molar-refractivity contribution in [1.29, 1.82) is 0 Å². The fraction of sp³-hybridized carbons (Fsp3) is 0.750. The first kappa shape index (κ1) is 21.5. The molecule has 0 saturated carbocycles. The molecule has 138 valence electrons. The van der Waals surface area contributed by atoms with E-state index in [1.807, 2.05) is 0 Å². The molecule has 12 heteroatoms. The highest BCUT2D eigenvalue weighted by molar-refractivity contribution is 5.88. The van der Waals surface area contributed by atoms with E-state index in [-0.39, 0.29) is 18.9 Å². The lowest BCUT2D eigenvalue weighted by Crippen LogP contribution is -2.51. The molecule has 0 aromatic heterocycles. The van der Waals surface area contributed by atoms with Crippen molar-refractivity contribution in [3.05, 3.63) is 10.1 Å².